The van der Waals surface area contributed by atoms with Gasteiger partial charge in [-0.25, -0.2) is 9.37 Å². The highest BCUT2D eigenvalue weighted by molar-refractivity contribution is 5.96. The van der Waals surface area contributed by atoms with Gasteiger partial charge in [-0.15, -0.1) is 0 Å². The summed E-state index contributed by atoms with van der Waals surface area (Å²) in [5.41, 5.74) is 2.12. The maximum absolute atomic E-state index is 13.5. The van der Waals surface area contributed by atoms with Gasteiger partial charge in [-0.05, 0) is 80.5 Å². The number of nitrogens with one attached hydrogen (secondary N) is 1. The molecule has 1 unspecified atom stereocenters. The number of carbonyl (C=O) groups excluding carboxylic acids is 1. The van der Waals surface area contributed by atoms with Crippen LogP contribution in [0.1, 0.15) is 46.1 Å². The second-order valence-corrected chi connectivity index (χ2v) is 8.62. The molecule has 0 bridgehead atoms. The summed E-state index contributed by atoms with van der Waals surface area (Å²) in [6, 6.07) is 11.6. The van der Waals surface area contributed by atoms with Crippen LogP contribution < -0.4 is 5.32 Å². The number of fused-ring (bicyclic) bond motifs is 1. The van der Waals surface area contributed by atoms with E-state index in [0.29, 0.717) is 17.2 Å². The van der Waals surface area contributed by atoms with Crippen molar-refractivity contribution in [3.63, 3.8) is 0 Å². The zero-order valence-corrected chi connectivity index (χ0v) is 15.9. The molecular formula is C23H26FN3O2. The normalized spacial score (nSPS) is 19.1. The Bertz CT molecular complexity index is 1090. The molecule has 1 atom stereocenters. The lowest BCUT2D eigenvalue weighted by molar-refractivity contribution is -0.117. The lowest BCUT2D eigenvalue weighted by Gasteiger charge is -2.18. The zero-order chi connectivity index (χ0) is 19.7. The first-order valence-corrected chi connectivity index (χ1v) is 9.59. The molecule has 2 aromatic carbocycles. The standard InChI is InChI=1S/C22H22FN3O2.CH4/c1-21(2,28)13-3-8-17-18(11-13)26(15-6-4-14(23)5-7-15)20(24-17)25-19(27)16-12-22(16)9-10-22;/h3-8,11,16,28H,9-10,12H2,1-2H3,(H,24,25,27);1H4. The second-order valence-electron chi connectivity index (χ2n) is 8.62. The highest BCUT2D eigenvalue weighted by Gasteiger charge is 2.65. The van der Waals surface area contributed by atoms with Crippen LogP contribution in [0.25, 0.3) is 16.7 Å². The number of amides is 1. The molecule has 152 valence electrons. The number of halogens is 1. The second kappa shape index (κ2) is 6.39. The number of nitrogens with zero attached hydrogens (tertiary/aromatic N) is 2. The summed E-state index contributed by atoms with van der Waals surface area (Å²) >= 11 is 0. The maximum atomic E-state index is 13.5. The average Bonchev–Trinajstić information content (AvgIpc) is 3.54. The summed E-state index contributed by atoms with van der Waals surface area (Å²) in [6.07, 6.45) is 3.22. The molecule has 2 aliphatic carbocycles. The quantitative estimate of drug-likeness (QED) is 0.669. The summed E-state index contributed by atoms with van der Waals surface area (Å²) in [5, 5.41) is 13.4. The van der Waals surface area contributed by atoms with Crippen molar-refractivity contribution in [1.29, 1.82) is 0 Å². The van der Waals surface area contributed by atoms with E-state index in [1.54, 1.807) is 26.0 Å². The van der Waals surface area contributed by atoms with Gasteiger partial charge in [-0.1, -0.05) is 13.5 Å². The Kier molecular flexibility index (Phi) is 4.31. The van der Waals surface area contributed by atoms with Gasteiger partial charge in [0.1, 0.15) is 5.82 Å². The molecule has 1 spiro atoms. The third-order valence-electron chi connectivity index (χ3n) is 6.08. The molecule has 1 aromatic heterocycles. The van der Waals surface area contributed by atoms with E-state index < -0.39 is 5.60 Å². The van der Waals surface area contributed by atoms with Gasteiger partial charge >= 0.3 is 0 Å². The number of aromatic nitrogens is 2. The van der Waals surface area contributed by atoms with Crippen molar-refractivity contribution in [2.75, 3.05) is 5.32 Å². The lowest BCUT2D eigenvalue weighted by Crippen LogP contribution is -2.18. The van der Waals surface area contributed by atoms with Crippen LogP contribution in [0.5, 0.6) is 0 Å². The van der Waals surface area contributed by atoms with Crippen LogP contribution in [0, 0.1) is 17.2 Å². The molecule has 1 heterocycles. The van der Waals surface area contributed by atoms with E-state index in [1.165, 1.54) is 12.1 Å². The van der Waals surface area contributed by atoms with Gasteiger partial charge in [0.05, 0.1) is 16.6 Å². The summed E-state index contributed by atoms with van der Waals surface area (Å²) in [4.78, 5) is 17.3. The largest absolute Gasteiger partial charge is 0.386 e. The lowest BCUT2D eigenvalue weighted by atomic mass is 9.98. The molecule has 0 saturated heterocycles. The van der Waals surface area contributed by atoms with Crippen LogP contribution in [-0.4, -0.2) is 20.6 Å². The first-order valence-electron chi connectivity index (χ1n) is 9.59. The summed E-state index contributed by atoms with van der Waals surface area (Å²) in [6.45, 7) is 3.44. The molecule has 2 N–H and O–H groups in total. The molecule has 2 saturated carbocycles. The Morgan fingerprint density at radius 3 is 2.52 bits per heavy atom. The number of carbonyl (C=O) groups is 1. The molecule has 2 aliphatic rings. The number of rotatable bonds is 4. The topological polar surface area (TPSA) is 67.2 Å². The van der Waals surface area contributed by atoms with Gasteiger partial charge in [0, 0.05) is 11.6 Å². The monoisotopic (exact) mass is 395 g/mol. The summed E-state index contributed by atoms with van der Waals surface area (Å²) < 4.78 is 15.3. The molecule has 1 amide bonds. The number of hydrogen-bond donors (Lipinski definition) is 2. The van der Waals surface area contributed by atoms with E-state index >= 15 is 0 Å². The third kappa shape index (κ3) is 3.31. The molecule has 0 radical (unpaired) electrons. The van der Waals surface area contributed by atoms with Crippen molar-refractivity contribution in [3.8, 4) is 5.69 Å². The molecule has 6 heteroatoms. The van der Waals surface area contributed by atoms with Crippen molar-refractivity contribution in [3.05, 3.63) is 53.8 Å². The van der Waals surface area contributed by atoms with E-state index in [1.807, 2.05) is 22.8 Å². The smallest absolute Gasteiger partial charge is 0.230 e. The van der Waals surface area contributed by atoms with Crippen LogP contribution in [0.15, 0.2) is 42.5 Å². The van der Waals surface area contributed by atoms with Crippen molar-refractivity contribution < 1.29 is 14.3 Å². The summed E-state index contributed by atoms with van der Waals surface area (Å²) in [5.74, 6) is 0.159. The maximum Gasteiger partial charge on any atom is 0.230 e. The Balaban J connectivity index is 0.00000205. The fraction of sp³-hybridized carbons (Fsp3) is 0.391. The van der Waals surface area contributed by atoms with Gasteiger partial charge in [-0.3, -0.25) is 14.7 Å². The van der Waals surface area contributed by atoms with Crippen LogP contribution in [-0.2, 0) is 10.4 Å². The van der Waals surface area contributed by atoms with Gasteiger partial charge in [0.2, 0.25) is 11.9 Å². The Morgan fingerprint density at radius 1 is 1.24 bits per heavy atom. The van der Waals surface area contributed by atoms with Crippen LogP contribution in [0.4, 0.5) is 10.3 Å². The highest BCUT2D eigenvalue weighted by Crippen LogP contribution is 2.70. The molecule has 5 rings (SSSR count). The summed E-state index contributed by atoms with van der Waals surface area (Å²) in [7, 11) is 0. The Hall–Kier alpha value is -2.73. The first kappa shape index (κ1) is 19.6. The van der Waals surface area contributed by atoms with Gasteiger partial charge in [-0.2, -0.15) is 0 Å². The molecular weight excluding hydrogens is 369 g/mol. The van der Waals surface area contributed by atoms with Crippen LogP contribution in [0.3, 0.4) is 0 Å². The van der Waals surface area contributed by atoms with Crippen molar-refractivity contribution in [2.24, 2.45) is 11.3 Å². The van der Waals surface area contributed by atoms with E-state index in [9.17, 15) is 14.3 Å². The number of aliphatic hydroxyl groups is 1. The fourth-order valence-electron chi connectivity index (χ4n) is 4.02. The third-order valence-corrected chi connectivity index (χ3v) is 6.08. The van der Waals surface area contributed by atoms with E-state index in [4.69, 9.17) is 0 Å². The predicted octanol–water partition coefficient (Wildman–Crippen LogP) is 4.77. The van der Waals surface area contributed by atoms with Gasteiger partial charge in [0.25, 0.3) is 0 Å². The van der Waals surface area contributed by atoms with E-state index in [0.717, 1.165) is 30.3 Å². The Labute approximate surface area is 169 Å². The minimum absolute atomic E-state index is 0. The van der Waals surface area contributed by atoms with E-state index in [2.05, 4.69) is 10.3 Å². The molecule has 3 aromatic rings. The molecule has 5 nitrogen and oxygen atoms in total. The van der Waals surface area contributed by atoms with Gasteiger partial charge in [0.15, 0.2) is 0 Å². The molecule has 29 heavy (non-hydrogen) atoms. The van der Waals surface area contributed by atoms with E-state index in [-0.39, 0.29) is 30.5 Å². The number of anilines is 1. The van der Waals surface area contributed by atoms with Crippen molar-refractivity contribution in [2.45, 2.75) is 46.1 Å². The van der Waals surface area contributed by atoms with Crippen molar-refractivity contribution in [1.82, 2.24) is 9.55 Å². The SMILES string of the molecule is C.CC(C)(O)c1ccc2nc(NC(=O)C3CC34CC4)n(-c3ccc(F)cc3)c2c1. The van der Waals surface area contributed by atoms with Crippen LogP contribution >= 0.6 is 0 Å². The number of imidazole rings is 1. The highest BCUT2D eigenvalue weighted by atomic mass is 19.1. The number of hydrogen-bond acceptors (Lipinski definition) is 3. The molecule has 0 aliphatic heterocycles. The fourth-order valence-corrected chi connectivity index (χ4v) is 4.02. The number of benzene rings is 2. The minimum Gasteiger partial charge on any atom is -0.386 e. The predicted molar refractivity (Wildman–Crippen MR) is 111 cm³/mol. The average molecular weight is 395 g/mol. The first-order chi connectivity index (χ1) is 13.3. The van der Waals surface area contributed by atoms with Crippen LogP contribution in [0.2, 0.25) is 0 Å². The van der Waals surface area contributed by atoms with Gasteiger partial charge < -0.3 is 5.11 Å². The minimum atomic E-state index is -1.01. The Morgan fingerprint density at radius 2 is 1.93 bits per heavy atom. The van der Waals surface area contributed by atoms with Crippen molar-refractivity contribution >= 4 is 22.9 Å². The zero-order valence-electron chi connectivity index (χ0n) is 15.9. The molecule has 2 fully saturated rings.